The zero-order valence-corrected chi connectivity index (χ0v) is 11.7. The van der Waals surface area contributed by atoms with Crippen LogP contribution in [0.1, 0.15) is 17.4 Å². The lowest BCUT2D eigenvalue weighted by atomic mass is 10.1. The minimum atomic E-state index is -0.378. The molecule has 1 aromatic heterocycles. The van der Waals surface area contributed by atoms with E-state index in [1.54, 1.807) is 6.26 Å². The predicted molar refractivity (Wildman–Crippen MR) is 77.9 cm³/mol. The van der Waals surface area contributed by atoms with Crippen molar-refractivity contribution in [1.29, 1.82) is 0 Å². The van der Waals surface area contributed by atoms with E-state index in [-0.39, 0.29) is 6.10 Å². The van der Waals surface area contributed by atoms with Gasteiger partial charge < -0.3 is 14.8 Å². The molecule has 3 nitrogen and oxygen atoms in total. The first-order chi connectivity index (χ1) is 9.36. The second kappa shape index (κ2) is 8.04. The third kappa shape index (κ3) is 5.11. The Morgan fingerprint density at radius 2 is 2.00 bits per heavy atom. The van der Waals surface area contributed by atoms with Gasteiger partial charge in [-0.15, -0.1) is 11.8 Å². The molecular weight excluding hydrogens is 258 g/mol. The molecule has 1 heterocycles. The van der Waals surface area contributed by atoms with Crippen LogP contribution in [0.5, 0.6) is 0 Å². The van der Waals surface area contributed by atoms with E-state index in [4.69, 9.17) is 4.42 Å². The van der Waals surface area contributed by atoms with Crippen LogP contribution >= 0.6 is 11.8 Å². The van der Waals surface area contributed by atoms with E-state index in [9.17, 15) is 5.11 Å². The molecule has 0 bridgehead atoms. The summed E-state index contributed by atoms with van der Waals surface area (Å²) in [5.74, 6) is 3.00. The molecule has 0 unspecified atom stereocenters. The Kier molecular flexibility index (Phi) is 6.01. The molecule has 0 saturated carbocycles. The van der Waals surface area contributed by atoms with Gasteiger partial charge in [-0.2, -0.15) is 0 Å². The quantitative estimate of drug-likeness (QED) is 0.724. The molecule has 0 amide bonds. The van der Waals surface area contributed by atoms with Crippen LogP contribution in [-0.4, -0.2) is 23.9 Å². The molecular formula is C15H20NO2S+. The fourth-order valence-corrected chi connectivity index (χ4v) is 2.66. The second-order valence-corrected chi connectivity index (χ2v) is 5.48. The molecule has 19 heavy (non-hydrogen) atoms. The summed E-state index contributed by atoms with van der Waals surface area (Å²) in [6, 6.07) is 13.7. The van der Waals surface area contributed by atoms with Crippen LogP contribution in [0.15, 0.2) is 53.1 Å². The van der Waals surface area contributed by atoms with Crippen molar-refractivity contribution in [2.45, 2.75) is 11.9 Å². The molecule has 2 aromatic rings. The number of furan rings is 1. The van der Waals surface area contributed by atoms with Crippen molar-refractivity contribution in [2.24, 2.45) is 0 Å². The van der Waals surface area contributed by atoms with Gasteiger partial charge in [0, 0.05) is 5.75 Å². The highest BCUT2D eigenvalue weighted by molar-refractivity contribution is 7.98. The van der Waals surface area contributed by atoms with Crippen molar-refractivity contribution in [3.63, 3.8) is 0 Å². The summed E-state index contributed by atoms with van der Waals surface area (Å²) in [6.45, 7) is 1.72. The molecule has 0 aliphatic rings. The number of aliphatic hydroxyl groups is 1. The summed E-state index contributed by atoms with van der Waals surface area (Å²) in [7, 11) is 0. The Hall–Kier alpha value is -1.23. The molecule has 0 aliphatic carbocycles. The molecule has 0 saturated heterocycles. The fraction of sp³-hybridized carbons (Fsp3) is 0.333. The van der Waals surface area contributed by atoms with Crippen molar-refractivity contribution < 1.29 is 14.8 Å². The standard InChI is InChI=1S/C15H19NO2S/c17-15(13-5-2-1-3-6-13)11-16-8-10-19-12-14-7-4-9-18-14/h1-7,9,15-17H,8,10-12H2/p+1/t15-/m0/s1. The van der Waals surface area contributed by atoms with Crippen molar-refractivity contribution >= 4 is 11.8 Å². The minimum Gasteiger partial charge on any atom is -0.468 e. The minimum absolute atomic E-state index is 0.378. The van der Waals surface area contributed by atoms with Crippen LogP contribution in [0.3, 0.4) is 0 Å². The van der Waals surface area contributed by atoms with E-state index in [1.807, 2.05) is 54.2 Å². The third-order valence-corrected chi connectivity index (χ3v) is 3.88. The van der Waals surface area contributed by atoms with E-state index >= 15 is 0 Å². The maximum atomic E-state index is 9.97. The van der Waals surface area contributed by atoms with Crippen LogP contribution in [0.4, 0.5) is 0 Å². The number of thioether (sulfide) groups is 1. The summed E-state index contributed by atoms with van der Waals surface area (Å²) >= 11 is 1.85. The lowest BCUT2D eigenvalue weighted by molar-refractivity contribution is -0.657. The normalized spacial score (nSPS) is 12.5. The average molecular weight is 278 g/mol. The summed E-state index contributed by atoms with van der Waals surface area (Å²) in [5, 5.41) is 12.1. The van der Waals surface area contributed by atoms with Gasteiger partial charge in [0.15, 0.2) is 0 Å². The lowest BCUT2D eigenvalue weighted by Crippen LogP contribution is -2.85. The van der Waals surface area contributed by atoms with Crippen LogP contribution in [0, 0.1) is 0 Å². The van der Waals surface area contributed by atoms with Gasteiger partial charge in [-0.05, 0) is 17.7 Å². The van der Waals surface area contributed by atoms with Gasteiger partial charge in [-0.1, -0.05) is 30.3 Å². The third-order valence-electron chi connectivity index (χ3n) is 2.87. The van der Waals surface area contributed by atoms with E-state index in [1.165, 1.54) is 0 Å². The maximum absolute atomic E-state index is 9.97. The molecule has 0 aliphatic heterocycles. The van der Waals surface area contributed by atoms with Gasteiger partial charge in [0.05, 0.1) is 18.6 Å². The van der Waals surface area contributed by atoms with E-state index in [2.05, 4.69) is 5.32 Å². The van der Waals surface area contributed by atoms with Gasteiger partial charge in [0.2, 0.25) is 0 Å². The highest BCUT2D eigenvalue weighted by Gasteiger charge is 2.08. The number of benzene rings is 1. The van der Waals surface area contributed by atoms with Gasteiger partial charge in [0.25, 0.3) is 0 Å². The van der Waals surface area contributed by atoms with Crippen LogP contribution < -0.4 is 5.32 Å². The molecule has 1 aromatic carbocycles. The lowest BCUT2D eigenvalue weighted by Gasteiger charge is -2.09. The topological polar surface area (TPSA) is 50.0 Å². The monoisotopic (exact) mass is 278 g/mol. The fourth-order valence-electron chi connectivity index (χ4n) is 1.82. The summed E-state index contributed by atoms with van der Waals surface area (Å²) < 4.78 is 5.27. The van der Waals surface area contributed by atoms with Gasteiger partial charge in [-0.25, -0.2) is 0 Å². The van der Waals surface area contributed by atoms with E-state index in [0.29, 0.717) is 6.54 Å². The number of hydrogen-bond acceptors (Lipinski definition) is 3. The first-order valence-corrected chi connectivity index (χ1v) is 7.66. The number of rotatable bonds is 8. The zero-order valence-electron chi connectivity index (χ0n) is 10.9. The van der Waals surface area contributed by atoms with E-state index in [0.717, 1.165) is 29.4 Å². The highest BCUT2D eigenvalue weighted by atomic mass is 32.2. The largest absolute Gasteiger partial charge is 0.468 e. The Bertz CT molecular complexity index is 444. The molecule has 1 atom stereocenters. The van der Waals surface area contributed by atoms with Crippen molar-refractivity contribution in [3.05, 3.63) is 60.1 Å². The number of hydrogen-bond donors (Lipinski definition) is 2. The Balaban J connectivity index is 1.54. The molecule has 102 valence electrons. The maximum Gasteiger partial charge on any atom is 0.128 e. The van der Waals surface area contributed by atoms with Crippen LogP contribution in [0.2, 0.25) is 0 Å². The summed E-state index contributed by atoms with van der Waals surface area (Å²) in [5.41, 5.74) is 0.988. The van der Waals surface area contributed by atoms with Crippen molar-refractivity contribution in [1.82, 2.24) is 0 Å². The van der Waals surface area contributed by atoms with Crippen LogP contribution in [-0.2, 0) is 5.75 Å². The molecule has 0 fully saturated rings. The molecule has 4 heteroatoms. The number of aliphatic hydroxyl groups excluding tert-OH is 1. The molecule has 3 N–H and O–H groups in total. The zero-order chi connectivity index (χ0) is 13.3. The first-order valence-electron chi connectivity index (χ1n) is 6.51. The molecule has 0 spiro atoms. The Labute approximate surface area is 118 Å². The van der Waals surface area contributed by atoms with Gasteiger partial charge in [-0.3, -0.25) is 0 Å². The second-order valence-electron chi connectivity index (χ2n) is 4.37. The van der Waals surface area contributed by atoms with Gasteiger partial charge in [0.1, 0.15) is 18.4 Å². The van der Waals surface area contributed by atoms with Crippen molar-refractivity contribution in [2.75, 3.05) is 18.8 Å². The number of quaternary nitrogens is 1. The van der Waals surface area contributed by atoms with Crippen LogP contribution in [0.25, 0.3) is 0 Å². The van der Waals surface area contributed by atoms with Crippen molar-refractivity contribution in [3.8, 4) is 0 Å². The van der Waals surface area contributed by atoms with E-state index < -0.39 is 0 Å². The number of nitrogens with two attached hydrogens (primary N) is 1. The first kappa shape index (κ1) is 14.2. The smallest absolute Gasteiger partial charge is 0.128 e. The Morgan fingerprint density at radius 1 is 1.16 bits per heavy atom. The van der Waals surface area contributed by atoms with Gasteiger partial charge >= 0.3 is 0 Å². The summed E-state index contributed by atoms with van der Waals surface area (Å²) in [6.07, 6.45) is 1.33. The predicted octanol–water partition coefficient (Wildman–Crippen LogP) is 1.81. The average Bonchev–Trinajstić information content (AvgIpc) is 2.96. The highest BCUT2D eigenvalue weighted by Crippen LogP contribution is 2.11. The summed E-state index contributed by atoms with van der Waals surface area (Å²) in [4.78, 5) is 0. The Morgan fingerprint density at radius 3 is 2.74 bits per heavy atom. The molecule has 0 radical (unpaired) electrons. The molecule has 2 rings (SSSR count). The SMILES string of the molecule is O[C@@H](C[NH2+]CCSCc1ccco1)c1ccccc1.